The van der Waals surface area contributed by atoms with Gasteiger partial charge in [0.05, 0.1) is 5.56 Å². The van der Waals surface area contributed by atoms with E-state index in [4.69, 9.17) is 0 Å². The molecule has 0 aromatic heterocycles. The Balaban J connectivity index is 2.39. The molecule has 110 valence electrons. The molecule has 0 radical (unpaired) electrons. The Kier molecular flexibility index (Phi) is 3.45. The molecule has 0 unspecified atom stereocenters. The molecule has 0 heterocycles. The second-order valence-corrected chi connectivity index (χ2v) is 5.82. The van der Waals surface area contributed by atoms with Crippen LogP contribution < -0.4 is 0 Å². The second-order valence-electron chi connectivity index (χ2n) is 5.82. The van der Waals surface area contributed by atoms with Gasteiger partial charge in [-0.2, -0.15) is 0 Å². The fourth-order valence-corrected chi connectivity index (χ4v) is 3.23. The first-order valence-corrected chi connectivity index (χ1v) is 7.31. The van der Waals surface area contributed by atoms with Crippen LogP contribution in [0, 0.1) is 20.8 Å². The van der Waals surface area contributed by atoms with E-state index >= 15 is 0 Å². The molecule has 3 aromatic rings. The van der Waals surface area contributed by atoms with E-state index in [1.165, 1.54) is 5.56 Å². The summed E-state index contributed by atoms with van der Waals surface area (Å²) in [7, 11) is 0. The predicted octanol–water partition coefficient (Wildman–Crippen LogP) is 5.13. The molecule has 3 rings (SSSR count). The van der Waals surface area contributed by atoms with Crippen molar-refractivity contribution < 1.29 is 9.90 Å². The second kappa shape index (κ2) is 5.30. The van der Waals surface area contributed by atoms with Crippen molar-refractivity contribution in [1.82, 2.24) is 0 Å². The minimum Gasteiger partial charge on any atom is -0.478 e. The van der Waals surface area contributed by atoms with Crippen molar-refractivity contribution in [1.29, 1.82) is 0 Å². The molecule has 0 aliphatic carbocycles. The Bertz CT molecular complexity index is 868. The summed E-state index contributed by atoms with van der Waals surface area (Å²) in [4.78, 5) is 11.7. The van der Waals surface area contributed by atoms with Gasteiger partial charge in [-0.05, 0) is 65.9 Å². The van der Waals surface area contributed by atoms with Crippen molar-refractivity contribution in [3.63, 3.8) is 0 Å². The van der Waals surface area contributed by atoms with Gasteiger partial charge in [0.15, 0.2) is 0 Å². The quantitative estimate of drug-likeness (QED) is 0.710. The molecule has 0 aliphatic rings. The Morgan fingerprint density at radius 2 is 1.41 bits per heavy atom. The zero-order valence-corrected chi connectivity index (χ0v) is 13.0. The van der Waals surface area contributed by atoms with Crippen molar-refractivity contribution in [2.75, 3.05) is 0 Å². The standard InChI is InChI=1S/C20H18O2/c1-12-8-13(2)19(14(3)9-12)17-10-15-6-4-5-7-16(15)11-18(17)20(21)22/h4-11H,1-3H3,(H,21,22). The highest BCUT2D eigenvalue weighted by molar-refractivity contribution is 6.03. The molecule has 2 heteroatoms. The number of carbonyl (C=O) groups is 1. The molecule has 0 saturated carbocycles. The summed E-state index contributed by atoms with van der Waals surface area (Å²) in [6.07, 6.45) is 0. The van der Waals surface area contributed by atoms with Crippen molar-refractivity contribution in [2.45, 2.75) is 20.8 Å². The predicted molar refractivity (Wildman–Crippen MR) is 90.6 cm³/mol. The molecule has 0 saturated heterocycles. The average molecular weight is 290 g/mol. The molecule has 0 aliphatic heterocycles. The zero-order valence-electron chi connectivity index (χ0n) is 13.0. The van der Waals surface area contributed by atoms with Crippen LogP contribution in [0.2, 0.25) is 0 Å². The Hall–Kier alpha value is -2.61. The molecule has 22 heavy (non-hydrogen) atoms. The number of rotatable bonds is 2. The summed E-state index contributed by atoms with van der Waals surface area (Å²) < 4.78 is 0. The lowest BCUT2D eigenvalue weighted by Crippen LogP contribution is -2.02. The van der Waals surface area contributed by atoms with Crippen LogP contribution in [-0.4, -0.2) is 11.1 Å². The summed E-state index contributed by atoms with van der Waals surface area (Å²) in [6, 6.07) is 15.8. The lowest BCUT2D eigenvalue weighted by atomic mass is 9.89. The maximum Gasteiger partial charge on any atom is 0.336 e. The fraction of sp³-hybridized carbons (Fsp3) is 0.150. The van der Waals surface area contributed by atoms with E-state index < -0.39 is 5.97 Å². The maximum absolute atomic E-state index is 11.7. The van der Waals surface area contributed by atoms with Crippen LogP contribution in [0.15, 0.2) is 48.5 Å². The minimum absolute atomic E-state index is 0.355. The van der Waals surface area contributed by atoms with Crippen LogP contribution >= 0.6 is 0 Å². The van der Waals surface area contributed by atoms with E-state index in [0.29, 0.717) is 5.56 Å². The van der Waals surface area contributed by atoms with Crippen LogP contribution in [0.3, 0.4) is 0 Å². The van der Waals surface area contributed by atoms with Gasteiger partial charge in [-0.3, -0.25) is 0 Å². The SMILES string of the molecule is Cc1cc(C)c(-c2cc3ccccc3cc2C(=O)O)c(C)c1. The maximum atomic E-state index is 11.7. The van der Waals surface area contributed by atoms with E-state index in [1.807, 2.05) is 44.2 Å². The number of benzene rings is 3. The van der Waals surface area contributed by atoms with E-state index in [-0.39, 0.29) is 0 Å². The average Bonchev–Trinajstić information content (AvgIpc) is 2.45. The summed E-state index contributed by atoms with van der Waals surface area (Å²) in [5, 5.41) is 11.6. The third-order valence-corrected chi connectivity index (χ3v) is 4.06. The smallest absolute Gasteiger partial charge is 0.336 e. The van der Waals surface area contributed by atoms with E-state index in [0.717, 1.165) is 33.0 Å². The van der Waals surface area contributed by atoms with Gasteiger partial charge in [0.1, 0.15) is 0 Å². The van der Waals surface area contributed by atoms with Crippen molar-refractivity contribution in [3.8, 4) is 11.1 Å². The van der Waals surface area contributed by atoms with Gasteiger partial charge in [-0.15, -0.1) is 0 Å². The number of aromatic carboxylic acids is 1. The zero-order chi connectivity index (χ0) is 15.9. The first-order valence-electron chi connectivity index (χ1n) is 7.31. The molecule has 0 fully saturated rings. The molecule has 3 aromatic carbocycles. The van der Waals surface area contributed by atoms with Crippen molar-refractivity contribution >= 4 is 16.7 Å². The Morgan fingerprint density at radius 1 is 0.864 bits per heavy atom. The van der Waals surface area contributed by atoms with Crippen molar-refractivity contribution in [2.24, 2.45) is 0 Å². The van der Waals surface area contributed by atoms with E-state index in [1.54, 1.807) is 6.07 Å². The van der Waals surface area contributed by atoms with Gasteiger partial charge in [0.2, 0.25) is 0 Å². The minimum atomic E-state index is -0.889. The van der Waals surface area contributed by atoms with Crippen molar-refractivity contribution in [3.05, 3.63) is 70.8 Å². The highest BCUT2D eigenvalue weighted by Gasteiger charge is 2.16. The number of hydrogen-bond donors (Lipinski definition) is 1. The monoisotopic (exact) mass is 290 g/mol. The molecular weight excluding hydrogens is 272 g/mol. The van der Waals surface area contributed by atoms with E-state index in [9.17, 15) is 9.90 Å². The van der Waals surface area contributed by atoms with Gasteiger partial charge in [-0.25, -0.2) is 4.79 Å². The van der Waals surface area contributed by atoms with Gasteiger partial charge in [0, 0.05) is 0 Å². The van der Waals surface area contributed by atoms with Crippen LogP contribution in [0.25, 0.3) is 21.9 Å². The van der Waals surface area contributed by atoms with Gasteiger partial charge in [-0.1, -0.05) is 42.0 Å². The molecule has 0 amide bonds. The summed E-state index contributed by atoms with van der Waals surface area (Å²) in [5.41, 5.74) is 5.57. The lowest BCUT2D eigenvalue weighted by molar-refractivity contribution is 0.0698. The molecule has 0 spiro atoms. The topological polar surface area (TPSA) is 37.3 Å². The molecule has 2 nitrogen and oxygen atoms in total. The number of aryl methyl sites for hydroxylation is 3. The van der Waals surface area contributed by atoms with E-state index in [2.05, 4.69) is 19.1 Å². The summed E-state index contributed by atoms with van der Waals surface area (Å²) in [5.74, 6) is -0.889. The Morgan fingerprint density at radius 3 is 1.95 bits per heavy atom. The van der Waals surface area contributed by atoms with Crippen LogP contribution in [0.5, 0.6) is 0 Å². The first kappa shape index (κ1) is 14.3. The highest BCUT2D eigenvalue weighted by atomic mass is 16.4. The third-order valence-electron chi connectivity index (χ3n) is 4.06. The van der Waals surface area contributed by atoms with Crippen LogP contribution in [0.1, 0.15) is 27.0 Å². The number of hydrogen-bond acceptors (Lipinski definition) is 1. The number of carboxylic acid groups (broad SMARTS) is 1. The van der Waals surface area contributed by atoms with Crippen LogP contribution in [-0.2, 0) is 0 Å². The Labute approximate surface area is 130 Å². The molecular formula is C20H18O2. The fourth-order valence-electron chi connectivity index (χ4n) is 3.23. The number of fused-ring (bicyclic) bond motifs is 1. The molecule has 0 bridgehead atoms. The lowest BCUT2D eigenvalue weighted by Gasteiger charge is -2.15. The van der Waals surface area contributed by atoms with Gasteiger partial charge >= 0.3 is 5.97 Å². The van der Waals surface area contributed by atoms with Crippen LogP contribution in [0.4, 0.5) is 0 Å². The molecule has 1 N–H and O–H groups in total. The first-order chi connectivity index (χ1) is 10.5. The van der Waals surface area contributed by atoms with Gasteiger partial charge in [0.25, 0.3) is 0 Å². The third kappa shape index (κ3) is 2.37. The summed E-state index contributed by atoms with van der Waals surface area (Å²) in [6.45, 7) is 6.13. The largest absolute Gasteiger partial charge is 0.478 e. The summed E-state index contributed by atoms with van der Waals surface area (Å²) >= 11 is 0. The normalized spacial score (nSPS) is 10.9. The van der Waals surface area contributed by atoms with Gasteiger partial charge < -0.3 is 5.11 Å². The number of carboxylic acids is 1. The highest BCUT2D eigenvalue weighted by Crippen LogP contribution is 2.34. The molecule has 0 atom stereocenters.